The molecule has 2 aliphatic carbocycles. The predicted octanol–water partition coefficient (Wildman–Crippen LogP) is 16.0. The molecule has 0 amide bonds. The highest BCUT2D eigenvalue weighted by atomic mass is 15.1. The summed E-state index contributed by atoms with van der Waals surface area (Å²) in [6.07, 6.45) is 0. The van der Waals surface area contributed by atoms with Gasteiger partial charge in [0.25, 0.3) is 6.71 Å². The highest BCUT2D eigenvalue weighted by Gasteiger charge is 2.43. The molecule has 0 saturated carbocycles. The van der Waals surface area contributed by atoms with Gasteiger partial charge >= 0.3 is 0 Å². The zero-order valence-corrected chi connectivity index (χ0v) is 39.7. The smallest absolute Gasteiger partial charge is 0.252 e. The molecule has 0 atom stereocenters. The van der Waals surface area contributed by atoms with Crippen molar-refractivity contribution in [1.29, 1.82) is 0 Å². The molecule has 0 saturated heterocycles. The molecule has 74 heavy (non-hydrogen) atoms. The summed E-state index contributed by atoms with van der Waals surface area (Å²) in [4.78, 5) is 0. The van der Waals surface area contributed by atoms with Crippen molar-refractivity contribution >= 4 is 132 Å². The Morgan fingerprint density at radius 3 is 1.35 bits per heavy atom. The number of hydrogen-bond donors (Lipinski definition) is 0. The lowest BCUT2D eigenvalue weighted by Crippen LogP contribution is -2.59. The van der Waals surface area contributed by atoms with Crippen LogP contribution in [-0.4, -0.2) is 20.4 Å². The average Bonchev–Trinajstić information content (AvgIpc) is 4.16. The summed E-state index contributed by atoms with van der Waals surface area (Å²) in [5.41, 5.74) is 25.7. The third-order valence-electron chi connectivity index (χ3n) is 18.2. The summed E-state index contributed by atoms with van der Waals surface area (Å²) in [5.74, 6) is 0. The number of benzene rings is 13. The molecule has 0 N–H and O–H groups in total. The number of rotatable bonds is 1. The van der Waals surface area contributed by atoms with Crippen LogP contribution in [-0.2, 0) is 0 Å². The standard InChI is InChI=1S/C70H36BN3/c1-3-17-42-37(13-1)29-31-56-62(42)65-43-18-4-2-14-39(43)33-52-69(65)74(56)59-36-41(72-54-27-11-25-50-46-21-7-5-19-44(46)48-23-9-15-38-30-32-57(72)66(60(38)48)63(50)54)35-58-68(59)71(52)53-34-40-16-10-24-49-45-20-6-8-22-47(45)51-26-12-28-55-64(51)67(61(40)49)70(53)73(55)58/h1-36H. The van der Waals surface area contributed by atoms with Gasteiger partial charge in [0, 0.05) is 43.7 Å². The van der Waals surface area contributed by atoms with Crippen LogP contribution in [0.4, 0.5) is 0 Å². The number of nitrogens with zero attached hydrogens (tertiary/aromatic N) is 3. The first-order valence-corrected chi connectivity index (χ1v) is 26.0. The highest BCUT2D eigenvalue weighted by Crippen LogP contribution is 2.53. The lowest BCUT2D eigenvalue weighted by atomic mass is 9.34. The van der Waals surface area contributed by atoms with Gasteiger partial charge in [-0.2, -0.15) is 0 Å². The van der Waals surface area contributed by atoms with E-state index in [1.54, 1.807) is 0 Å². The largest absolute Gasteiger partial charge is 0.310 e. The van der Waals surface area contributed by atoms with Crippen molar-refractivity contribution in [2.75, 3.05) is 0 Å². The van der Waals surface area contributed by atoms with E-state index < -0.39 is 0 Å². The van der Waals surface area contributed by atoms with E-state index in [4.69, 9.17) is 0 Å². The Hall–Kier alpha value is -9.64. The minimum atomic E-state index is -0.0402. The van der Waals surface area contributed by atoms with E-state index in [0.717, 1.165) is 5.69 Å². The van der Waals surface area contributed by atoms with E-state index in [1.807, 2.05) is 0 Å². The minimum absolute atomic E-state index is 0.0402. The summed E-state index contributed by atoms with van der Waals surface area (Å²) >= 11 is 0. The minimum Gasteiger partial charge on any atom is -0.310 e. The van der Waals surface area contributed by atoms with Gasteiger partial charge in [0.1, 0.15) is 0 Å². The average molecular weight is 930 g/mol. The van der Waals surface area contributed by atoms with Crippen LogP contribution in [0.2, 0.25) is 0 Å². The van der Waals surface area contributed by atoms with Crippen LogP contribution in [0.25, 0.3) is 170 Å². The molecular weight excluding hydrogens is 894 g/mol. The van der Waals surface area contributed by atoms with Gasteiger partial charge in [-0.25, -0.2) is 0 Å². The van der Waals surface area contributed by atoms with Crippen LogP contribution in [0.5, 0.6) is 0 Å². The fourth-order valence-corrected chi connectivity index (χ4v) is 15.6. The van der Waals surface area contributed by atoms with Crippen LogP contribution in [0.1, 0.15) is 0 Å². The quantitative estimate of drug-likeness (QED) is 0.146. The van der Waals surface area contributed by atoms with Gasteiger partial charge < -0.3 is 13.7 Å². The number of aromatic nitrogens is 3. The molecular formula is C70H36BN3. The topological polar surface area (TPSA) is 14.8 Å². The maximum atomic E-state index is 2.70. The van der Waals surface area contributed by atoms with E-state index >= 15 is 0 Å². The Morgan fingerprint density at radius 1 is 0.257 bits per heavy atom. The first kappa shape index (κ1) is 37.2. The highest BCUT2D eigenvalue weighted by molar-refractivity contribution is 7.00. The molecule has 0 fully saturated rings. The van der Waals surface area contributed by atoms with E-state index in [2.05, 4.69) is 232 Å². The summed E-state index contributed by atoms with van der Waals surface area (Å²) in [6, 6.07) is 84.0. The molecule has 0 bridgehead atoms. The molecule has 0 unspecified atom stereocenters. The zero-order chi connectivity index (χ0) is 47.4. The molecule has 0 spiro atoms. The molecule has 20 rings (SSSR count). The number of hydrogen-bond acceptors (Lipinski definition) is 0. The lowest BCUT2D eigenvalue weighted by Gasteiger charge is -2.35. The molecule has 4 aliphatic rings. The first-order valence-electron chi connectivity index (χ1n) is 26.0. The molecule has 5 heterocycles. The van der Waals surface area contributed by atoms with Gasteiger partial charge in [-0.05, 0) is 140 Å². The van der Waals surface area contributed by atoms with E-state index in [1.165, 1.54) is 181 Å². The van der Waals surface area contributed by atoms with Crippen LogP contribution >= 0.6 is 0 Å². The Bertz CT molecular complexity index is 5450. The second-order valence-corrected chi connectivity index (χ2v) is 21.4. The van der Waals surface area contributed by atoms with E-state index in [0.29, 0.717) is 0 Å². The summed E-state index contributed by atoms with van der Waals surface area (Å²) in [7, 11) is 0. The van der Waals surface area contributed by atoms with Crippen molar-refractivity contribution in [2.24, 2.45) is 0 Å². The van der Waals surface area contributed by atoms with E-state index in [-0.39, 0.29) is 6.71 Å². The molecule has 3 nitrogen and oxygen atoms in total. The van der Waals surface area contributed by atoms with Crippen molar-refractivity contribution in [1.82, 2.24) is 13.7 Å². The SMILES string of the molecule is c1ccc2c(c1)-c1cccc3ccc4c(c13)c1c-2cccc1n4-c1cc2c3c(c1)-n1c4ccc5ccccc5c4c4c5ccccc5cc(c41)B3c1cc3cccc4c3c3c5c(cccc5n-2c13)-c1ccccc1-4. The molecule has 13 aromatic carbocycles. The van der Waals surface area contributed by atoms with Gasteiger partial charge in [-0.3, -0.25) is 0 Å². The summed E-state index contributed by atoms with van der Waals surface area (Å²) in [6.45, 7) is -0.0402. The maximum Gasteiger partial charge on any atom is 0.252 e. The fraction of sp³-hybridized carbons (Fsp3) is 0. The van der Waals surface area contributed by atoms with Gasteiger partial charge in [0.05, 0.1) is 38.8 Å². The van der Waals surface area contributed by atoms with Crippen molar-refractivity contribution < 1.29 is 0 Å². The molecule has 2 aliphatic heterocycles. The summed E-state index contributed by atoms with van der Waals surface area (Å²) < 4.78 is 7.99. The Kier molecular flexibility index (Phi) is 6.29. The Morgan fingerprint density at radius 2 is 0.689 bits per heavy atom. The molecule has 4 heteroatoms. The molecule has 3 aromatic heterocycles. The predicted molar refractivity (Wildman–Crippen MR) is 313 cm³/mol. The van der Waals surface area contributed by atoms with Crippen molar-refractivity contribution in [3.05, 3.63) is 218 Å². The van der Waals surface area contributed by atoms with Crippen molar-refractivity contribution in [3.63, 3.8) is 0 Å². The normalized spacial score (nSPS) is 13.4. The summed E-state index contributed by atoms with van der Waals surface area (Å²) in [5, 5.41) is 18.4. The van der Waals surface area contributed by atoms with E-state index in [9.17, 15) is 0 Å². The molecule has 16 aromatic rings. The molecule has 334 valence electrons. The second-order valence-electron chi connectivity index (χ2n) is 21.4. The third kappa shape index (κ3) is 4.06. The van der Waals surface area contributed by atoms with Gasteiger partial charge in [0.15, 0.2) is 0 Å². The number of fused-ring (bicyclic) bond motifs is 18. The Labute approximate surface area is 423 Å². The van der Waals surface area contributed by atoms with Crippen LogP contribution < -0.4 is 16.4 Å². The van der Waals surface area contributed by atoms with Gasteiger partial charge in [-0.15, -0.1) is 0 Å². The second kappa shape index (κ2) is 12.5. The maximum absolute atomic E-state index is 2.70. The van der Waals surface area contributed by atoms with Crippen molar-refractivity contribution in [2.45, 2.75) is 0 Å². The monoisotopic (exact) mass is 929 g/mol. The van der Waals surface area contributed by atoms with Gasteiger partial charge in [0.2, 0.25) is 0 Å². The van der Waals surface area contributed by atoms with Crippen LogP contribution in [0.15, 0.2) is 218 Å². The lowest BCUT2D eigenvalue weighted by molar-refractivity contribution is 1.11. The zero-order valence-electron chi connectivity index (χ0n) is 39.7. The first-order chi connectivity index (χ1) is 36.8. The fourth-order valence-electron chi connectivity index (χ4n) is 15.6. The van der Waals surface area contributed by atoms with Crippen molar-refractivity contribution in [3.8, 4) is 61.6 Å². The third-order valence-corrected chi connectivity index (χ3v) is 18.2. The van der Waals surface area contributed by atoms with Gasteiger partial charge in [-0.1, -0.05) is 182 Å². The Balaban J connectivity index is 1.04. The molecule has 0 radical (unpaired) electrons. The van der Waals surface area contributed by atoms with Crippen LogP contribution in [0.3, 0.4) is 0 Å². The van der Waals surface area contributed by atoms with Crippen LogP contribution in [0, 0.1) is 0 Å².